The number of methoxy groups -OCH3 is 1. The minimum atomic E-state index is -3.95. The molecular weight excluding hydrogens is 472 g/mol. The van der Waals surface area contributed by atoms with Gasteiger partial charge in [0, 0.05) is 23.7 Å². The molecule has 1 aromatic heterocycles. The number of ether oxygens (including phenoxy) is 2. The Morgan fingerprint density at radius 1 is 1.11 bits per heavy atom. The second-order valence-corrected chi connectivity index (χ2v) is 10.0. The Kier molecular flexibility index (Phi) is 6.79. The Morgan fingerprint density at radius 2 is 1.86 bits per heavy atom. The molecule has 2 heterocycles. The van der Waals surface area contributed by atoms with Crippen molar-refractivity contribution in [3.63, 3.8) is 0 Å². The third kappa shape index (κ3) is 5.29. The van der Waals surface area contributed by atoms with Gasteiger partial charge < -0.3 is 19.7 Å². The van der Waals surface area contributed by atoms with Crippen LogP contribution in [-0.2, 0) is 14.8 Å². The molecule has 0 saturated carbocycles. The van der Waals surface area contributed by atoms with Gasteiger partial charge in [0.25, 0.3) is 15.9 Å². The lowest BCUT2D eigenvalue weighted by molar-refractivity contribution is -0.00715. The second kappa shape index (κ2) is 9.79. The monoisotopic (exact) mass is 498 g/mol. The van der Waals surface area contributed by atoms with Crippen molar-refractivity contribution in [2.75, 3.05) is 24.9 Å². The van der Waals surface area contributed by atoms with Gasteiger partial charge in [-0.3, -0.25) is 14.5 Å². The predicted molar refractivity (Wildman–Crippen MR) is 130 cm³/mol. The number of aromatic nitrogens is 1. The Hall–Kier alpha value is -3.86. The highest BCUT2D eigenvalue weighted by molar-refractivity contribution is 7.93. The van der Waals surface area contributed by atoms with Crippen LogP contribution in [0, 0.1) is 0 Å². The van der Waals surface area contributed by atoms with Crippen LogP contribution >= 0.6 is 0 Å². The highest BCUT2D eigenvalue weighted by atomic mass is 32.2. The topological polar surface area (TPSA) is 127 Å². The number of nitrogens with one attached hydrogen (secondary N) is 2. The van der Waals surface area contributed by atoms with Crippen LogP contribution in [0.1, 0.15) is 24.2 Å². The third-order valence-corrected chi connectivity index (χ3v) is 6.80. The minimum Gasteiger partial charge on any atom is -0.496 e. The number of rotatable bonds is 7. The van der Waals surface area contributed by atoms with Gasteiger partial charge in [-0.1, -0.05) is 18.2 Å². The van der Waals surface area contributed by atoms with Crippen molar-refractivity contribution < 1.29 is 27.5 Å². The van der Waals surface area contributed by atoms with E-state index in [-0.39, 0.29) is 53.0 Å². The van der Waals surface area contributed by atoms with E-state index in [9.17, 15) is 18.0 Å². The molecule has 2 aromatic carbocycles. The first-order chi connectivity index (χ1) is 16.7. The van der Waals surface area contributed by atoms with Gasteiger partial charge in [-0.05, 0) is 38.1 Å². The molecule has 0 unspecified atom stereocenters. The van der Waals surface area contributed by atoms with E-state index in [2.05, 4.69) is 15.0 Å². The van der Waals surface area contributed by atoms with Crippen molar-refractivity contribution in [2.45, 2.75) is 30.9 Å². The number of likely N-dealkylation sites (tertiary alicyclic amines) is 1. The smallest absolute Gasteiger partial charge is 0.407 e. The summed E-state index contributed by atoms with van der Waals surface area (Å²) < 4.78 is 39.3. The molecule has 184 valence electrons. The number of fused-ring (bicyclic) bond motifs is 1. The molecule has 35 heavy (non-hydrogen) atoms. The first-order valence-corrected chi connectivity index (χ1v) is 12.5. The summed E-state index contributed by atoms with van der Waals surface area (Å²) in [5, 5.41) is 3.34. The molecule has 11 heteroatoms. The highest BCUT2D eigenvalue weighted by Crippen LogP contribution is 2.29. The van der Waals surface area contributed by atoms with E-state index >= 15 is 0 Å². The first kappa shape index (κ1) is 24.3. The third-order valence-electron chi connectivity index (χ3n) is 5.38. The van der Waals surface area contributed by atoms with Crippen LogP contribution in [0.3, 0.4) is 0 Å². The number of carbonyl (C=O) groups is 2. The zero-order chi connectivity index (χ0) is 25.2. The van der Waals surface area contributed by atoms with Crippen molar-refractivity contribution >= 4 is 38.6 Å². The summed E-state index contributed by atoms with van der Waals surface area (Å²) in [6.07, 6.45) is 0.629. The van der Waals surface area contributed by atoms with Crippen LogP contribution in [0.25, 0.3) is 10.9 Å². The molecule has 10 nitrogen and oxygen atoms in total. The van der Waals surface area contributed by atoms with E-state index in [1.54, 1.807) is 24.3 Å². The Bertz CT molecular complexity index is 1360. The number of nitrogens with zero attached hydrogens (tertiary/aromatic N) is 2. The lowest BCUT2D eigenvalue weighted by Gasteiger charge is -2.38. The Labute approximate surface area is 203 Å². The maximum Gasteiger partial charge on any atom is 0.407 e. The number of anilines is 1. The summed E-state index contributed by atoms with van der Waals surface area (Å²) in [5.41, 5.74) is 0.867. The molecule has 2 N–H and O–H groups in total. The fourth-order valence-corrected chi connectivity index (χ4v) is 4.93. The zero-order valence-corrected chi connectivity index (χ0v) is 20.3. The average molecular weight is 499 g/mol. The molecular formula is C24H26N4O6S. The van der Waals surface area contributed by atoms with E-state index in [0.29, 0.717) is 10.9 Å². The number of hydrogen-bond donors (Lipinski definition) is 2. The first-order valence-electron chi connectivity index (χ1n) is 11.0. The Morgan fingerprint density at radius 3 is 2.57 bits per heavy atom. The molecule has 1 aliphatic rings. The van der Waals surface area contributed by atoms with Gasteiger partial charge in [-0.25, -0.2) is 13.2 Å². The van der Waals surface area contributed by atoms with Crippen molar-refractivity contribution in [1.82, 2.24) is 15.2 Å². The Balaban J connectivity index is 1.47. The molecule has 2 amide bonds. The maximum absolute atomic E-state index is 13.1. The SMILES string of the molecule is COc1cc(NS(=O)(=O)c2cccc3cccnc23)ccc1C(=O)N1CC(OC(=O)NC(C)C)C1. The fraction of sp³-hybridized carbons (Fsp3) is 0.292. The lowest BCUT2D eigenvalue weighted by Crippen LogP contribution is -2.56. The van der Waals surface area contributed by atoms with Gasteiger partial charge in [-0.15, -0.1) is 0 Å². The van der Waals surface area contributed by atoms with Crippen molar-refractivity contribution in [3.8, 4) is 5.75 Å². The van der Waals surface area contributed by atoms with Crippen LogP contribution < -0.4 is 14.8 Å². The number of alkyl carbamates (subject to hydrolysis) is 1. The van der Waals surface area contributed by atoms with E-state index in [1.807, 2.05) is 13.8 Å². The molecule has 1 aliphatic heterocycles. The van der Waals surface area contributed by atoms with Crippen LogP contribution in [0.5, 0.6) is 5.75 Å². The molecule has 0 atom stereocenters. The molecule has 1 saturated heterocycles. The second-order valence-electron chi connectivity index (χ2n) is 8.39. The number of benzene rings is 2. The molecule has 0 spiro atoms. The van der Waals surface area contributed by atoms with E-state index in [4.69, 9.17) is 9.47 Å². The standard InChI is InChI=1S/C24H26N4O6S/c1-15(2)26-24(30)34-18-13-28(14-18)23(29)19-10-9-17(12-20(19)33-3)27-35(31,32)21-8-4-6-16-7-5-11-25-22(16)21/h4-12,15,18,27H,13-14H2,1-3H3,(H,26,30). The molecule has 1 fully saturated rings. The summed E-state index contributed by atoms with van der Waals surface area (Å²) in [6, 6.07) is 12.8. The molecule has 0 radical (unpaired) electrons. The van der Waals surface area contributed by atoms with E-state index in [0.717, 1.165) is 0 Å². The minimum absolute atomic E-state index is 0.0441. The van der Waals surface area contributed by atoms with E-state index in [1.165, 1.54) is 42.5 Å². The van der Waals surface area contributed by atoms with Gasteiger partial charge in [-0.2, -0.15) is 0 Å². The normalized spacial score (nSPS) is 13.9. The van der Waals surface area contributed by atoms with Gasteiger partial charge in [0.2, 0.25) is 0 Å². The largest absolute Gasteiger partial charge is 0.496 e. The number of para-hydroxylation sites is 1. The highest BCUT2D eigenvalue weighted by Gasteiger charge is 2.35. The number of pyridine rings is 1. The van der Waals surface area contributed by atoms with Gasteiger partial charge in [0.1, 0.15) is 16.7 Å². The fourth-order valence-electron chi connectivity index (χ4n) is 3.70. The quantitative estimate of drug-likeness (QED) is 0.513. The summed E-state index contributed by atoms with van der Waals surface area (Å²) in [6.45, 7) is 4.17. The number of amides is 2. The van der Waals surface area contributed by atoms with Gasteiger partial charge in [0.05, 0.1) is 37.0 Å². The molecule has 4 rings (SSSR count). The van der Waals surface area contributed by atoms with Crippen molar-refractivity contribution in [2.24, 2.45) is 0 Å². The van der Waals surface area contributed by atoms with E-state index < -0.39 is 16.1 Å². The van der Waals surface area contributed by atoms with Crippen LogP contribution in [0.15, 0.2) is 59.6 Å². The number of hydrogen-bond acceptors (Lipinski definition) is 7. The van der Waals surface area contributed by atoms with Crippen molar-refractivity contribution in [1.29, 1.82) is 0 Å². The summed E-state index contributed by atoms with van der Waals surface area (Å²) >= 11 is 0. The van der Waals surface area contributed by atoms with Gasteiger partial charge >= 0.3 is 6.09 Å². The average Bonchev–Trinajstić information content (AvgIpc) is 2.79. The van der Waals surface area contributed by atoms with Crippen LogP contribution in [0.4, 0.5) is 10.5 Å². The molecule has 3 aromatic rings. The van der Waals surface area contributed by atoms with Gasteiger partial charge in [0.15, 0.2) is 0 Å². The summed E-state index contributed by atoms with van der Waals surface area (Å²) in [5.74, 6) is -0.0909. The number of carbonyl (C=O) groups excluding carboxylic acids is 2. The lowest BCUT2D eigenvalue weighted by atomic mass is 10.1. The predicted octanol–water partition coefficient (Wildman–Crippen LogP) is 3.00. The summed E-state index contributed by atoms with van der Waals surface area (Å²) in [7, 11) is -2.55. The number of sulfonamides is 1. The molecule has 0 aliphatic carbocycles. The maximum atomic E-state index is 13.1. The zero-order valence-electron chi connectivity index (χ0n) is 19.5. The van der Waals surface area contributed by atoms with Crippen LogP contribution in [0.2, 0.25) is 0 Å². The van der Waals surface area contributed by atoms with Crippen molar-refractivity contribution in [3.05, 3.63) is 60.3 Å². The van der Waals surface area contributed by atoms with Crippen LogP contribution in [-0.4, -0.2) is 62.6 Å². The molecule has 0 bridgehead atoms. The summed E-state index contributed by atoms with van der Waals surface area (Å²) in [4.78, 5) is 30.4.